The summed E-state index contributed by atoms with van der Waals surface area (Å²) >= 11 is 0. The quantitative estimate of drug-likeness (QED) is 0.454. The van der Waals surface area contributed by atoms with Gasteiger partial charge in [-0.2, -0.15) is 0 Å². The Morgan fingerprint density at radius 2 is 1.53 bits per heavy atom. The van der Waals surface area contributed by atoms with E-state index in [0.29, 0.717) is 6.61 Å². The van der Waals surface area contributed by atoms with Crippen LogP contribution in [0, 0.1) is 5.92 Å². The molecule has 1 N–H and O–H groups in total. The van der Waals surface area contributed by atoms with Crippen molar-refractivity contribution in [3.8, 4) is 0 Å². The van der Waals surface area contributed by atoms with Gasteiger partial charge in [0.2, 0.25) is 0 Å². The highest BCUT2D eigenvalue weighted by molar-refractivity contribution is 4.58. The molecule has 0 bridgehead atoms. The molecule has 0 aliphatic carbocycles. The number of unbranched alkanes of at least 4 members (excludes halogenated alkanes) is 5. The van der Waals surface area contributed by atoms with Crippen LogP contribution in [0.1, 0.15) is 85.0 Å². The monoisotopic (exact) mass is 272 g/mol. The van der Waals surface area contributed by atoms with Crippen molar-refractivity contribution in [1.82, 2.24) is 0 Å². The van der Waals surface area contributed by atoms with Gasteiger partial charge in [-0.25, -0.2) is 0 Å². The zero-order valence-corrected chi connectivity index (χ0v) is 13.5. The topological polar surface area (TPSA) is 29.5 Å². The van der Waals surface area contributed by atoms with Crippen LogP contribution in [-0.4, -0.2) is 24.4 Å². The lowest BCUT2D eigenvalue weighted by atomic mass is 9.93. The van der Waals surface area contributed by atoms with Crippen LogP contribution in [-0.2, 0) is 4.74 Å². The molecule has 0 aliphatic rings. The number of hydrogen-bond acceptors (Lipinski definition) is 2. The van der Waals surface area contributed by atoms with Crippen molar-refractivity contribution < 1.29 is 9.84 Å². The standard InChI is InChI=1S/C17H36O2/c1-4-6-12-17(5-2)13-10-8-7-9-11-14-19-15-16(3)18/h16-18H,4-15H2,1-3H3. The van der Waals surface area contributed by atoms with Gasteiger partial charge in [0.15, 0.2) is 0 Å². The van der Waals surface area contributed by atoms with E-state index < -0.39 is 0 Å². The molecule has 19 heavy (non-hydrogen) atoms. The van der Waals surface area contributed by atoms with Gasteiger partial charge in [0, 0.05) is 6.61 Å². The second-order valence-electron chi connectivity index (χ2n) is 5.90. The molecule has 0 spiro atoms. The van der Waals surface area contributed by atoms with Gasteiger partial charge in [0.25, 0.3) is 0 Å². The van der Waals surface area contributed by atoms with E-state index in [2.05, 4.69) is 13.8 Å². The van der Waals surface area contributed by atoms with Crippen LogP contribution in [0.3, 0.4) is 0 Å². The summed E-state index contributed by atoms with van der Waals surface area (Å²) in [7, 11) is 0. The molecular weight excluding hydrogens is 236 g/mol. The number of hydrogen-bond donors (Lipinski definition) is 1. The van der Waals surface area contributed by atoms with E-state index in [9.17, 15) is 0 Å². The molecule has 2 heteroatoms. The second-order valence-corrected chi connectivity index (χ2v) is 5.90. The number of aliphatic hydroxyl groups is 1. The lowest BCUT2D eigenvalue weighted by Gasteiger charge is -2.13. The zero-order chi connectivity index (χ0) is 14.3. The minimum absolute atomic E-state index is 0.325. The Hall–Kier alpha value is -0.0800. The molecule has 2 unspecified atom stereocenters. The van der Waals surface area contributed by atoms with Gasteiger partial charge in [-0.15, -0.1) is 0 Å². The van der Waals surface area contributed by atoms with Crippen LogP contribution in [0.4, 0.5) is 0 Å². The summed E-state index contributed by atoms with van der Waals surface area (Å²) in [5.74, 6) is 0.967. The fourth-order valence-corrected chi connectivity index (χ4v) is 2.47. The molecule has 0 aromatic rings. The molecule has 0 rings (SSSR count). The Morgan fingerprint density at radius 1 is 0.895 bits per heavy atom. The predicted molar refractivity (Wildman–Crippen MR) is 83.5 cm³/mol. The van der Waals surface area contributed by atoms with E-state index in [1.807, 2.05) is 0 Å². The highest BCUT2D eigenvalue weighted by Gasteiger charge is 2.04. The van der Waals surface area contributed by atoms with Gasteiger partial charge in [0.05, 0.1) is 12.7 Å². The third kappa shape index (κ3) is 14.1. The van der Waals surface area contributed by atoms with Gasteiger partial charge < -0.3 is 9.84 Å². The normalized spacial score (nSPS) is 14.5. The zero-order valence-electron chi connectivity index (χ0n) is 13.5. The minimum Gasteiger partial charge on any atom is -0.391 e. The predicted octanol–water partition coefficient (Wildman–Crippen LogP) is 4.94. The third-order valence-corrected chi connectivity index (χ3v) is 3.80. The fraction of sp³-hybridized carbons (Fsp3) is 1.00. The van der Waals surface area contributed by atoms with Crippen LogP contribution in [0.2, 0.25) is 0 Å². The summed E-state index contributed by atoms with van der Waals surface area (Å²) in [6.45, 7) is 7.67. The Balaban J connectivity index is 3.20. The molecular formula is C17H36O2. The molecule has 116 valence electrons. The van der Waals surface area contributed by atoms with Crippen molar-refractivity contribution in [3.63, 3.8) is 0 Å². The van der Waals surface area contributed by atoms with Crippen LogP contribution in [0.25, 0.3) is 0 Å². The SMILES string of the molecule is CCCCC(CC)CCCCCCCOCC(C)O. The van der Waals surface area contributed by atoms with Crippen molar-refractivity contribution in [2.45, 2.75) is 91.1 Å². The summed E-state index contributed by atoms with van der Waals surface area (Å²) in [5, 5.41) is 9.04. The second kappa shape index (κ2) is 14.3. The Morgan fingerprint density at radius 3 is 2.16 bits per heavy atom. The van der Waals surface area contributed by atoms with E-state index in [1.165, 1.54) is 57.8 Å². The average molecular weight is 272 g/mol. The Bertz CT molecular complexity index is 169. The lowest BCUT2D eigenvalue weighted by molar-refractivity contribution is 0.0445. The first-order valence-electron chi connectivity index (χ1n) is 8.46. The van der Waals surface area contributed by atoms with Crippen molar-refractivity contribution in [3.05, 3.63) is 0 Å². The maximum absolute atomic E-state index is 9.04. The molecule has 0 radical (unpaired) electrons. The van der Waals surface area contributed by atoms with Gasteiger partial charge in [0.1, 0.15) is 0 Å². The molecule has 0 heterocycles. The average Bonchev–Trinajstić information content (AvgIpc) is 2.40. The maximum atomic E-state index is 9.04. The van der Waals surface area contributed by atoms with Crippen molar-refractivity contribution >= 4 is 0 Å². The number of aliphatic hydroxyl groups excluding tert-OH is 1. The van der Waals surface area contributed by atoms with E-state index in [-0.39, 0.29) is 6.10 Å². The Labute approximate surface area is 120 Å². The van der Waals surface area contributed by atoms with E-state index in [4.69, 9.17) is 9.84 Å². The van der Waals surface area contributed by atoms with Crippen molar-refractivity contribution in [2.75, 3.05) is 13.2 Å². The summed E-state index contributed by atoms with van der Waals surface area (Å²) in [6.07, 6.45) is 13.1. The van der Waals surface area contributed by atoms with Crippen LogP contribution in [0.15, 0.2) is 0 Å². The number of rotatable bonds is 14. The summed E-state index contributed by atoms with van der Waals surface area (Å²) in [5.41, 5.74) is 0. The molecule has 0 amide bonds. The van der Waals surface area contributed by atoms with Crippen molar-refractivity contribution in [2.24, 2.45) is 5.92 Å². The van der Waals surface area contributed by atoms with Crippen LogP contribution >= 0.6 is 0 Å². The van der Waals surface area contributed by atoms with Crippen molar-refractivity contribution in [1.29, 1.82) is 0 Å². The molecule has 0 saturated heterocycles. The Kier molecular flexibility index (Phi) is 14.3. The largest absolute Gasteiger partial charge is 0.391 e. The minimum atomic E-state index is -0.325. The first kappa shape index (κ1) is 18.9. The molecule has 0 aromatic carbocycles. The summed E-state index contributed by atoms with van der Waals surface area (Å²) in [4.78, 5) is 0. The molecule has 0 aliphatic heterocycles. The molecule has 2 atom stereocenters. The third-order valence-electron chi connectivity index (χ3n) is 3.80. The summed E-state index contributed by atoms with van der Waals surface area (Å²) < 4.78 is 5.35. The van der Waals surface area contributed by atoms with Gasteiger partial charge in [-0.1, -0.05) is 71.6 Å². The van der Waals surface area contributed by atoms with E-state index in [1.54, 1.807) is 6.92 Å². The lowest BCUT2D eigenvalue weighted by Crippen LogP contribution is -2.10. The van der Waals surface area contributed by atoms with E-state index in [0.717, 1.165) is 18.9 Å². The molecule has 0 fully saturated rings. The highest BCUT2D eigenvalue weighted by atomic mass is 16.5. The molecule has 0 saturated carbocycles. The van der Waals surface area contributed by atoms with Crippen LogP contribution in [0.5, 0.6) is 0 Å². The maximum Gasteiger partial charge on any atom is 0.0745 e. The van der Waals surface area contributed by atoms with Gasteiger partial charge >= 0.3 is 0 Å². The van der Waals surface area contributed by atoms with Gasteiger partial charge in [-0.3, -0.25) is 0 Å². The first-order valence-corrected chi connectivity index (χ1v) is 8.46. The smallest absolute Gasteiger partial charge is 0.0745 e. The van der Waals surface area contributed by atoms with E-state index >= 15 is 0 Å². The summed E-state index contributed by atoms with van der Waals surface area (Å²) in [6, 6.07) is 0. The first-order chi connectivity index (χ1) is 9.20. The fourth-order valence-electron chi connectivity index (χ4n) is 2.47. The van der Waals surface area contributed by atoms with Crippen LogP contribution < -0.4 is 0 Å². The van der Waals surface area contributed by atoms with Gasteiger partial charge in [-0.05, 0) is 19.3 Å². The molecule has 2 nitrogen and oxygen atoms in total. The number of ether oxygens (including phenoxy) is 1. The highest BCUT2D eigenvalue weighted by Crippen LogP contribution is 2.20. The molecule has 0 aromatic heterocycles.